The molecule has 1 saturated heterocycles. The van der Waals surface area contributed by atoms with Crippen LogP contribution in [0.2, 0.25) is 0 Å². The highest BCUT2D eigenvalue weighted by Gasteiger charge is 2.35. The Morgan fingerprint density at radius 2 is 1.80 bits per heavy atom. The van der Waals surface area contributed by atoms with Crippen LogP contribution in [0, 0.1) is 13.8 Å². The van der Waals surface area contributed by atoms with Gasteiger partial charge in [-0.2, -0.15) is 0 Å². The largest absolute Gasteiger partial charge is 0.454 e. The molecular formula is C30H35N7O3. The van der Waals surface area contributed by atoms with E-state index < -0.39 is 0 Å². The van der Waals surface area contributed by atoms with Gasteiger partial charge in [-0.15, -0.1) is 5.10 Å². The molecule has 0 unspecified atom stereocenters. The Balaban J connectivity index is 1.20. The van der Waals surface area contributed by atoms with Gasteiger partial charge in [0.2, 0.25) is 6.79 Å². The minimum atomic E-state index is -0.322. The Bertz CT molecular complexity index is 1600. The van der Waals surface area contributed by atoms with Crippen molar-refractivity contribution >= 4 is 10.9 Å². The molecule has 40 heavy (non-hydrogen) atoms. The molecule has 10 nitrogen and oxygen atoms in total. The van der Waals surface area contributed by atoms with Gasteiger partial charge in [0.1, 0.15) is 6.04 Å². The summed E-state index contributed by atoms with van der Waals surface area (Å²) in [6, 6.07) is 12.4. The second-order valence-corrected chi connectivity index (χ2v) is 11.4. The Labute approximate surface area is 232 Å². The van der Waals surface area contributed by atoms with Gasteiger partial charge >= 0.3 is 0 Å². The molecule has 3 aliphatic rings. The molecule has 1 N–H and O–H groups in total. The van der Waals surface area contributed by atoms with Crippen molar-refractivity contribution < 1.29 is 9.47 Å². The van der Waals surface area contributed by atoms with Crippen molar-refractivity contribution in [2.24, 2.45) is 0 Å². The average molecular weight is 542 g/mol. The number of benzene rings is 2. The van der Waals surface area contributed by atoms with Gasteiger partial charge in [-0.3, -0.25) is 14.6 Å². The number of rotatable bonds is 6. The molecule has 10 heteroatoms. The molecule has 208 valence electrons. The number of aromatic amines is 1. The molecular weight excluding hydrogens is 506 g/mol. The van der Waals surface area contributed by atoms with Gasteiger partial charge in [0.15, 0.2) is 17.3 Å². The van der Waals surface area contributed by atoms with Crippen molar-refractivity contribution in [3.05, 3.63) is 74.8 Å². The zero-order valence-electron chi connectivity index (χ0n) is 23.1. The fraction of sp³-hybridized carbons (Fsp3) is 0.467. The first-order valence-electron chi connectivity index (χ1n) is 14.3. The molecule has 2 aromatic carbocycles. The van der Waals surface area contributed by atoms with E-state index in [-0.39, 0.29) is 24.4 Å². The maximum absolute atomic E-state index is 13.7. The van der Waals surface area contributed by atoms with E-state index in [4.69, 9.17) is 9.47 Å². The Morgan fingerprint density at radius 3 is 2.62 bits per heavy atom. The third kappa shape index (κ3) is 4.65. The molecule has 2 aliphatic heterocycles. The van der Waals surface area contributed by atoms with E-state index in [1.807, 2.05) is 17.7 Å². The zero-order valence-corrected chi connectivity index (χ0v) is 23.1. The first-order chi connectivity index (χ1) is 19.5. The van der Waals surface area contributed by atoms with Crippen LogP contribution in [0.25, 0.3) is 10.9 Å². The minimum Gasteiger partial charge on any atom is -0.454 e. The first-order valence-corrected chi connectivity index (χ1v) is 14.3. The summed E-state index contributed by atoms with van der Waals surface area (Å²) in [4.78, 5) is 21.7. The summed E-state index contributed by atoms with van der Waals surface area (Å²) < 4.78 is 13.0. The number of nitrogens with zero attached hydrogens (tertiary/aromatic N) is 6. The number of aromatic nitrogens is 5. The number of pyridine rings is 1. The number of nitrogens with one attached hydrogen (secondary N) is 1. The van der Waals surface area contributed by atoms with Gasteiger partial charge < -0.3 is 14.5 Å². The van der Waals surface area contributed by atoms with Crippen LogP contribution in [0.5, 0.6) is 11.5 Å². The summed E-state index contributed by atoms with van der Waals surface area (Å²) in [6.07, 6.45) is 4.51. The van der Waals surface area contributed by atoms with Gasteiger partial charge in [-0.25, -0.2) is 4.68 Å². The van der Waals surface area contributed by atoms with E-state index in [0.29, 0.717) is 5.56 Å². The van der Waals surface area contributed by atoms with Crippen LogP contribution in [0.15, 0.2) is 41.2 Å². The van der Waals surface area contributed by atoms with E-state index >= 15 is 0 Å². The summed E-state index contributed by atoms with van der Waals surface area (Å²) in [5.74, 6) is 2.39. The van der Waals surface area contributed by atoms with E-state index in [1.165, 1.54) is 24.0 Å². The standard InChI is InChI=1S/C30H35N7O3/c1-19-13-20(2)27-22(14-19)16-24(30(38)31-27)28(29-32-33-34-37(29)23-5-3-4-6-23)36-11-9-35(10-12-36)17-21-7-8-25-26(15-21)40-18-39-25/h7-8,13-16,23,28H,3-6,9-12,17-18H2,1-2H3,(H,31,38)/t28-/m1/s1. The minimum absolute atomic E-state index is 0.0757. The molecule has 0 amide bonds. The number of piperazine rings is 1. The molecule has 2 fully saturated rings. The zero-order chi connectivity index (χ0) is 27.2. The molecule has 0 spiro atoms. The second kappa shape index (κ2) is 10.3. The highest BCUT2D eigenvalue weighted by Crippen LogP contribution is 2.35. The Kier molecular flexibility index (Phi) is 6.51. The molecule has 2 aromatic heterocycles. The van der Waals surface area contributed by atoms with Crippen LogP contribution in [-0.2, 0) is 6.54 Å². The van der Waals surface area contributed by atoms with Crippen LogP contribution in [-0.4, -0.2) is 68.0 Å². The van der Waals surface area contributed by atoms with E-state index in [1.54, 1.807) is 0 Å². The summed E-state index contributed by atoms with van der Waals surface area (Å²) in [5.41, 5.74) is 4.97. The van der Waals surface area contributed by atoms with Crippen molar-refractivity contribution in [2.75, 3.05) is 33.0 Å². The number of aryl methyl sites for hydroxylation is 2. The van der Waals surface area contributed by atoms with E-state index in [9.17, 15) is 4.79 Å². The lowest BCUT2D eigenvalue weighted by Crippen LogP contribution is -2.48. The van der Waals surface area contributed by atoms with Crippen molar-refractivity contribution in [3.63, 3.8) is 0 Å². The summed E-state index contributed by atoms with van der Waals surface area (Å²) in [6.45, 7) is 8.61. The number of hydrogen-bond donors (Lipinski definition) is 1. The van der Waals surface area contributed by atoms with Crippen LogP contribution in [0.4, 0.5) is 0 Å². The quantitative estimate of drug-likeness (QED) is 0.393. The number of tetrazole rings is 1. The van der Waals surface area contributed by atoms with Gasteiger partial charge in [0.05, 0.1) is 11.6 Å². The number of fused-ring (bicyclic) bond motifs is 2. The Hall–Kier alpha value is -3.76. The lowest BCUT2D eigenvalue weighted by Gasteiger charge is -2.39. The number of ether oxygens (including phenoxy) is 2. The van der Waals surface area contributed by atoms with Crippen molar-refractivity contribution in [2.45, 2.75) is 58.2 Å². The van der Waals surface area contributed by atoms with Crippen LogP contribution >= 0.6 is 0 Å². The van der Waals surface area contributed by atoms with Crippen LogP contribution in [0.1, 0.15) is 65.8 Å². The molecule has 4 aromatic rings. The average Bonchev–Trinajstić information content (AvgIpc) is 3.72. The summed E-state index contributed by atoms with van der Waals surface area (Å²) in [7, 11) is 0. The first kappa shape index (κ1) is 25.2. The third-order valence-corrected chi connectivity index (χ3v) is 8.67. The van der Waals surface area contributed by atoms with E-state index in [0.717, 1.165) is 79.4 Å². The second-order valence-electron chi connectivity index (χ2n) is 11.4. The molecule has 1 atom stereocenters. The molecule has 1 aliphatic carbocycles. The maximum atomic E-state index is 13.7. The predicted octanol–water partition coefficient (Wildman–Crippen LogP) is 3.88. The highest BCUT2D eigenvalue weighted by molar-refractivity contribution is 5.83. The molecule has 0 bridgehead atoms. The van der Waals surface area contributed by atoms with Crippen molar-refractivity contribution in [1.29, 1.82) is 0 Å². The topological polar surface area (TPSA) is 101 Å². The smallest absolute Gasteiger partial charge is 0.253 e. The monoisotopic (exact) mass is 541 g/mol. The van der Waals surface area contributed by atoms with Crippen LogP contribution < -0.4 is 15.0 Å². The normalized spacial score (nSPS) is 19.1. The third-order valence-electron chi connectivity index (χ3n) is 8.67. The fourth-order valence-corrected chi connectivity index (χ4v) is 6.67. The fourth-order valence-electron chi connectivity index (χ4n) is 6.67. The maximum Gasteiger partial charge on any atom is 0.253 e. The predicted molar refractivity (Wildman–Crippen MR) is 151 cm³/mol. The van der Waals surface area contributed by atoms with Crippen molar-refractivity contribution in [1.82, 2.24) is 35.0 Å². The van der Waals surface area contributed by atoms with Crippen molar-refractivity contribution in [3.8, 4) is 11.5 Å². The molecule has 4 heterocycles. The summed E-state index contributed by atoms with van der Waals surface area (Å²) >= 11 is 0. The highest BCUT2D eigenvalue weighted by atomic mass is 16.7. The van der Waals surface area contributed by atoms with Gasteiger partial charge in [-0.05, 0) is 77.9 Å². The molecule has 7 rings (SSSR count). The number of H-pyrrole nitrogens is 1. The SMILES string of the molecule is Cc1cc(C)c2[nH]c(=O)c([C@H](c3nnnn3C3CCCC3)N3CCN(Cc4ccc5c(c4)OCO5)CC3)cc2c1. The van der Waals surface area contributed by atoms with Gasteiger partial charge in [0, 0.05) is 38.3 Å². The van der Waals surface area contributed by atoms with Crippen LogP contribution in [0.3, 0.4) is 0 Å². The molecule has 0 radical (unpaired) electrons. The Morgan fingerprint density at radius 1 is 1.00 bits per heavy atom. The molecule has 1 saturated carbocycles. The summed E-state index contributed by atoms with van der Waals surface area (Å²) in [5, 5.41) is 14.2. The van der Waals surface area contributed by atoms with Gasteiger partial charge in [-0.1, -0.05) is 30.5 Å². The van der Waals surface area contributed by atoms with E-state index in [2.05, 4.69) is 67.6 Å². The van der Waals surface area contributed by atoms with Gasteiger partial charge in [0.25, 0.3) is 5.56 Å². The number of hydrogen-bond acceptors (Lipinski definition) is 8. The lowest BCUT2D eigenvalue weighted by atomic mass is 10.00. The lowest BCUT2D eigenvalue weighted by molar-refractivity contribution is 0.0988.